The molecule has 1 fully saturated rings. The summed E-state index contributed by atoms with van der Waals surface area (Å²) in [6.45, 7) is 4.95. The van der Waals surface area contributed by atoms with Crippen molar-refractivity contribution in [1.29, 1.82) is 0 Å². The third-order valence-electron chi connectivity index (χ3n) is 3.74. The molecule has 0 saturated heterocycles. The highest BCUT2D eigenvalue weighted by molar-refractivity contribution is 5.82. The lowest BCUT2D eigenvalue weighted by atomic mass is 10.0. The predicted octanol–water partition coefficient (Wildman–Crippen LogP) is 2.16. The van der Waals surface area contributed by atoms with Crippen LogP contribution in [0.4, 0.5) is 0 Å². The van der Waals surface area contributed by atoms with Crippen LogP contribution in [0.25, 0.3) is 0 Å². The van der Waals surface area contributed by atoms with E-state index < -0.39 is 6.04 Å². The van der Waals surface area contributed by atoms with E-state index in [0.29, 0.717) is 5.92 Å². The van der Waals surface area contributed by atoms with Gasteiger partial charge in [-0.2, -0.15) is 0 Å². The van der Waals surface area contributed by atoms with Gasteiger partial charge >= 0.3 is 0 Å². The van der Waals surface area contributed by atoms with Crippen LogP contribution in [0, 0.1) is 18.8 Å². The van der Waals surface area contributed by atoms with E-state index in [2.05, 4.69) is 12.2 Å². The molecule has 18 heavy (non-hydrogen) atoms. The molecule has 1 aliphatic rings. The highest BCUT2D eigenvalue weighted by Crippen LogP contribution is 2.36. The summed E-state index contributed by atoms with van der Waals surface area (Å²) < 4.78 is 0. The summed E-state index contributed by atoms with van der Waals surface area (Å²) in [6.07, 6.45) is 2.61. The fourth-order valence-electron chi connectivity index (χ4n) is 2.13. The quantitative estimate of drug-likeness (QED) is 0.836. The minimum Gasteiger partial charge on any atom is -0.354 e. The topological polar surface area (TPSA) is 55.1 Å². The van der Waals surface area contributed by atoms with Crippen molar-refractivity contribution in [2.75, 3.05) is 6.54 Å². The Morgan fingerprint density at radius 3 is 2.56 bits per heavy atom. The number of nitrogens with one attached hydrogen (secondary N) is 1. The summed E-state index contributed by atoms with van der Waals surface area (Å²) in [5, 5.41) is 2.95. The zero-order valence-corrected chi connectivity index (χ0v) is 11.1. The Morgan fingerprint density at radius 2 is 2.00 bits per heavy atom. The maximum atomic E-state index is 11.9. The van der Waals surface area contributed by atoms with Crippen LogP contribution in [0.2, 0.25) is 0 Å². The molecule has 98 valence electrons. The number of rotatable bonds is 5. The molecule has 3 nitrogen and oxygen atoms in total. The molecule has 0 aromatic heterocycles. The number of hydrogen-bond donors (Lipinski definition) is 2. The Bertz CT molecular complexity index is 409. The van der Waals surface area contributed by atoms with E-state index in [9.17, 15) is 4.79 Å². The van der Waals surface area contributed by atoms with Crippen molar-refractivity contribution in [1.82, 2.24) is 5.32 Å². The average molecular weight is 246 g/mol. The highest BCUT2D eigenvalue weighted by Gasteiger charge is 2.28. The summed E-state index contributed by atoms with van der Waals surface area (Å²) in [5.41, 5.74) is 8.00. The van der Waals surface area contributed by atoms with Gasteiger partial charge in [0.2, 0.25) is 5.91 Å². The Morgan fingerprint density at radius 1 is 1.39 bits per heavy atom. The smallest absolute Gasteiger partial charge is 0.241 e. The molecule has 3 heteroatoms. The van der Waals surface area contributed by atoms with Gasteiger partial charge in [0.15, 0.2) is 0 Å². The second-order valence-corrected chi connectivity index (χ2v) is 5.45. The fraction of sp³-hybridized carbons (Fsp3) is 0.533. The van der Waals surface area contributed by atoms with E-state index >= 15 is 0 Å². The van der Waals surface area contributed by atoms with Gasteiger partial charge in [-0.15, -0.1) is 0 Å². The van der Waals surface area contributed by atoms with Gasteiger partial charge in [-0.25, -0.2) is 0 Å². The molecule has 0 spiro atoms. The number of nitrogens with two attached hydrogens (primary N) is 1. The monoisotopic (exact) mass is 246 g/mol. The highest BCUT2D eigenvalue weighted by atomic mass is 16.2. The van der Waals surface area contributed by atoms with E-state index in [1.807, 2.05) is 31.2 Å². The summed E-state index contributed by atoms with van der Waals surface area (Å²) in [4.78, 5) is 11.9. The van der Waals surface area contributed by atoms with Gasteiger partial charge < -0.3 is 11.1 Å². The van der Waals surface area contributed by atoms with Crippen LogP contribution >= 0.6 is 0 Å². The number of carbonyl (C=O) groups is 1. The van der Waals surface area contributed by atoms with Gasteiger partial charge in [0.25, 0.3) is 0 Å². The summed E-state index contributed by atoms with van der Waals surface area (Å²) in [5.74, 6) is 1.30. The molecule has 0 radical (unpaired) electrons. The van der Waals surface area contributed by atoms with Crippen LogP contribution in [0.3, 0.4) is 0 Å². The Labute approximate surface area is 109 Å². The zero-order chi connectivity index (χ0) is 13.1. The first-order valence-electron chi connectivity index (χ1n) is 6.68. The molecule has 0 aliphatic heterocycles. The summed E-state index contributed by atoms with van der Waals surface area (Å²) in [7, 11) is 0. The Hall–Kier alpha value is -1.35. The molecule has 3 N–H and O–H groups in total. The van der Waals surface area contributed by atoms with Gasteiger partial charge in [-0.3, -0.25) is 4.79 Å². The first kappa shape index (κ1) is 13.1. The van der Waals surface area contributed by atoms with Crippen LogP contribution in [0.15, 0.2) is 24.3 Å². The second-order valence-electron chi connectivity index (χ2n) is 5.45. The van der Waals surface area contributed by atoms with Crippen LogP contribution in [-0.2, 0) is 4.79 Å². The number of hydrogen-bond acceptors (Lipinski definition) is 2. The lowest BCUT2D eigenvalue weighted by Crippen LogP contribution is -2.36. The van der Waals surface area contributed by atoms with Gasteiger partial charge in [0.05, 0.1) is 0 Å². The molecule has 2 rings (SSSR count). The molecule has 1 aromatic rings. The number of aryl methyl sites for hydroxylation is 1. The molecule has 2 unspecified atom stereocenters. The van der Waals surface area contributed by atoms with Crippen LogP contribution in [0.5, 0.6) is 0 Å². The van der Waals surface area contributed by atoms with E-state index in [-0.39, 0.29) is 5.91 Å². The molecule has 1 amide bonds. The lowest BCUT2D eigenvalue weighted by Gasteiger charge is -2.15. The van der Waals surface area contributed by atoms with Crippen molar-refractivity contribution in [3.8, 4) is 0 Å². The van der Waals surface area contributed by atoms with Gasteiger partial charge in [-0.05, 0) is 37.2 Å². The van der Waals surface area contributed by atoms with Crippen molar-refractivity contribution in [2.45, 2.75) is 32.7 Å². The molecular formula is C15H22N2O. The molecule has 1 saturated carbocycles. The van der Waals surface area contributed by atoms with E-state index in [1.54, 1.807) is 0 Å². The minimum atomic E-state index is -0.558. The molecule has 1 aliphatic carbocycles. The maximum absolute atomic E-state index is 11.9. The Kier molecular flexibility index (Phi) is 4.02. The van der Waals surface area contributed by atoms with Crippen LogP contribution in [-0.4, -0.2) is 12.5 Å². The van der Waals surface area contributed by atoms with Crippen LogP contribution < -0.4 is 11.1 Å². The average Bonchev–Trinajstić information content (AvgIpc) is 3.20. The summed E-state index contributed by atoms with van der Waals surface area (Å²) >= 11 is 0. The molecule has 2 atom stereocenters. The van der Waals surface area contributed by atoms with E-state index in [4.69, 9.17) is 5.73 Å². The minimum absolute atomic E-state index is 0.0775. The van der Waals surface area contributed by atoms with Gasteiger partial charge in [-0.1, -0.05) is 36.8 Å². The maximum Gasteiger partial charge on any atom is 0.241 e. The first-order chi connectivity index (χ1) is 8.58. The largest absolute Gasteiger partial charge is 0.354 e. The fourth-order valence-corrected chi connectivity index (χ4v) is 2.13. The number of carbonyl (C=O) groups excluding carboxylic acids is 1. The molecule has 0 bridgehead atoms. The number of amides is 1. The van der Waals surface area contributed by atoms with Crippen molar-refractivity contribution in [3.05, 3.63) is 35.4 Å². The van der Waals surface area contributed by atoms with Gasteiger partial charge in [0.1, 0.15) is 6.04 Å². The first-order valence-corrected chi connectivity index (χ1v) is 6.68. The molecular weight excluding hydrogens is 224 g/mol. The predicted molar refractivity (Wildman–Crippen MR) is 73.0 cm³/mol. The normalized spacial score (nSPS) is 18.2. The van der Waals surface area contributed by atoms with Crippen LogP contribution in [0.1, 0.15) is 36.9 Å². The number of benzene rings is 1. The van der Waals surface area contributed by atoms with Crippen molar-refractivity contribution < 1.29 is 4.79 Å². The SMILES string of the molecule is Cc1ccc(C(N)C(=O)NCC(C)C2CC2)cc1. The molecule has 1 aromatic carbocycles. The molecule has 0 heterocycles. The standard InChI is InChI=1S/C15H22N2O/c1-10-3-5-13(6-4-10)14(16)15(18)17-9-11(2)12-7-8-12/h3-6,11-12,14H,7-9,16H2,1-2H3,(H,17,18). The van der Waals surface area contributed by atoms with Gasteiger partial charge in [0, 0.05) is 6.54 Å². The van der Waals surface area contributed by atoms with E-state index in [0.717, 1.165) is 18.0 Å². The second kappa shape index (κ2) is 5.53. The zero-order valence-electron chi connectivity index (χ0n) is 11.1. The summed E-state index contributed by atoms with van der Waals surface area (Å²) in [6, 6.07) is 7.25. The lowest BCUT2D eigenvalue weighted by molar-refractivity contribution is -0.122. The van der Waals surface area contributed by atoms with Crippen molar-refractivity contribution in [3.63, 3.8) is 0 Å². The third kappa shape index (κ3) is 3.33. The third-order valence-corrected chi connectivity index (χ3v) is 3.74. The van der Waals surface area contributed by atoms with E-state index in [1.165, 1.54) is 18.4 Å². The Balaban J connectivity index is 1.85. The van der Waals surface area contributed by atoms with Crippen molar-refractivity contribution in [2.24, 2.45) is 17.6 Å². The van der Waals surface area contributed by atoms with Crippen molar-refractivity contribution >= 4 is 5.91 Å².